The minimum atomic E-state index is -1.04. The van der Waals surface area contributed by atoms with Crippen molar-refractivity contribution in [3.05, 3.63) is 42.2 Å². The Morgan fingerprint density at radius 1 is 1.28 bits per heavy atom. The van der Waals surface area contributed by atoms with Crippen molar-refractivity contribution in [2.45, 2.75) is 6.92 Å². The van der Waals surface area contributed by atoms with Crippen LogP contribution in [0.1, 0.15) is 5.56 Å². The van der Waals surface area contributed by atoms with Crippen LogP contribution in [0.25, 0.3) is 11.3 Å². The number of aryl methyl sites for hydroxylation is 1. The second-order valence-corrected chi connectivity index (χ2v) is 3.79. The molecule has 2 rings (SSSR count). The number of hydrogen-bond acceptors (Lipinski definition) is 4. The van der Waals surface area contributed by atoms with E-state index < -0.39 is 12.6 Å². The van der Waals surface area contributed by atoms with Gasteiger partial charge in [0, 0.05) is 11.6 Å². The highest BCUT2D eigenvalue weighted by molar-refractivity contribution is 5.68. The van der Waals surface area contributed by atoms with E-state index in [9.17, 15) is 4.79 Å². The maximum absolute atomic E-state index is 10.4. The molecule has 0 aliphatic carbocycles. The zero-order chi connectivity index (χ0) is 13.0. The highest BCUT2D eigenvalue weighted by Crippen LogP contribution is 2.19. The Labute approximate surface area is 104 Å². The van der Waals surface area contributed by atoms with E-state index in [0.717, 1.165) is 11.1 Å². The first-order chi connectivity index (χ1) is 8.65. The molecule has 0 spiro atoms. The molecule has 1 aromatic carbocycles. The SMILES string of the molecule is Cc1ccc(-c2cc(OCC(=O)O)ncn2)cc1. The highest BCUT2D eigenvalue weighted by Gasteiger charge is 2.04. The molecule has 0 radical (unpaired) electrons. The van der Waals surface area contributed by atoms with Gasteiger partial charge in [-0.05, 0) is 6.92 Å². The van der Waals surface area contributed by atoms with Crippen molar-refractivity contribution in [1.82, 2.24) is 9.97 Å². The van der Waals surface area contributed by atoms with Gasteiger partial charge in [0.05, 0.1) is 5.69 Å². The van der Waals surface area contributed by atoms with Crippen molar-refractivity contribution in [2.75, 3.05) is 6.61 Å². The molecule has 0 saturated carbocycles. The van der Waals surface area contributed by atoms with E-state index in [0.29, 0.717) is 5.69 Å². The van der Waals surface area contributed by atoms with Crippen molar-refractivity contribution >= 4 is 5.97 Å². The number of aromatic nitrogens is 2. The molecule has 5 nitrogen and oxygen atoms in total. The normalized spacial score (nSPS) is 10.1. The van der Waals surface area contributed by atoms with E-state index in [-0.39, 0.29) is 5.88 Å². The summed E-state index contributed by atoms with van der Waals surface area (Å²) in [6.07, 6.45) is 1.35. The molecule has 0 amide bonds. The molecular weight excluding hydrogens is 232 g/mol. The molecule has 5 heteroatoms. The summed E-state index contributed by atoms with van der Waals surface area (Å²) < 4.78 is 5.00. The van der Waals surface area contributed by atoms with Crippen molar-refractivity contribution in [3.8, 4) is 17.1 Å². The molecule has 0 atom stereocenters. The molecule has 0 unspecified atom stereocenters. The summed E-state index contributed by atoms with van der Waals surface area (Å²) >= 11 is 0. The zero-order valence-corrected chi connectivity index (χ0v) is 9.83. The Bertz CT molecular complexity index is 552. The summed E-state index contributed by atoms with van der Waals surface area (Å²) in [5.74, 6) is -0.784. The van der Waals surface area contributed by atoms with Crippen LogP contribution in [0.5, 0.6) is 5.88 Å². The van der Waals surface area contributed by atoms with Crippen LogP contribution in [-0.2, 0) is 4.79 Å². The number of carboxylic acid groups (broad SMARTS) is 1. The summed E-state index contributed by atoms with van der Waals surface area (Å²) in [7, 11) is 0. The van der Waals surface area contributed by atoms with Gasteiger partial charge in [-0.3, -0.25) is 0 Å². The number of carbonyl (C=O) groups is 1. The van der Waals surface area contributed by atoms with Crippen molar-refractivity contribution in [3.63, 3.8) is 0 Å². The van der Waals surface area contributed by atoms with Crippen LogP contribution in [0, 0.1) is 6.92 Å². The van der Waals surface area contributed by atoms with Gasteiger partial charge in [0.15, 0.2) is 6.61 Å². The topological polar surface area (TPSA) is 72.3 Å². The molecular formula is C13H12N2O3. The van der Waals surface area contributed by atoms with Crippen LogP contribution in [0.4, 0.5) is 0 Å². The van der Waals surface area contributed by atoms with E-state index in [2.05, 4.69) is 9.97 Å². The first-order valence-corrected chi connectivity index (χ1v) is 5.39. The van der Waals surface area contributed by atoms with Gasteiger partial charge in [-0.1, -0.05) is 29.8 Å². The Morgan fingerprint density at radius 2 is 2.00 bits per heavy atom. The molecule has 1 aromatic heterocycles. The summed E-state index contributed by atoms with van der Waals surface area (Å²) in [6, 6.07) is 9.47. The van der Waals surface area contributed by atoms with Crippen LogP contribution in [0.3, 0.4) is 0 Å². The molecule has 0 bridgehead atoms. The Kier molecular flexibility index (Phi) is 3.52. The number of aliphatic carboxylic acids is 1. The van der Waals surface area contributed by atoms with Gasteiger partial charge >= 0.3 is 5.97 Å². The zero-order valence-electron chi connectivity index (χ0n) is 9.83. The average Bonchev–Trinajstić information content (AvgIpc) is 2.37. The lowest BCUT2D eigenvalue weighted by molar-refractivity contribution is -0.139. The van der Waals surface area contributed by atoms with E-state index >= 15 is 0 Å². The van der Waals surface area contributed by atoms with Gasteiger partial charge in [0.1, 0.15) is 6.33 Å². The Balaban J connectivity index is 2.21. The van der Waals surface area contributed by atoms with Crippen molar-refractivity contribution in [2.24, 2.45) is 0 Å². The third kappa shape index (κ3) is 3.04. The van der Waals surface area contributed by atoms with Crippen LogP contribution in [-0.4, -0.2) is 27.7 Å². The van der Waals surface area contributed by atoms with E-state index in [1.54, 1.807) is 6.07 Å². The molecule has 0 aliphatic rings. The maximum atomic E-state index is 10.4. The molecule has 0 aliphatic heterocycles. The predicted molar refractivity (Wildman–Crippen MR) is 65.3 cm³/mol. The Morgan fingerprint density at radius 3 is 2.67 bits per heavy atom. The lowest BCUT2D eigenvalue weighted by Crippen LogP contribution is -2.10. The van der Waals surface area contributed by atoms with Crippen molar-refractivity contribution in [1.29, 1.82) is 0 Å². The predicted octanol–water partition coefficient (Wildman–Crippen LogP) is 1.92. The third-order valence-corrected chi connectivity index (χ3v) is 2.33. The summed E-state index contributed by atoms with van der Waals surface area (Å²) in [5.41, 5.74) is 2.80. The minimum absolute atomic E-state index is 0.253. The first-order valence-electron chi connectivity index (χ1n) is 5.39. The summed E-state index contributed by atoms with van der Waals surface area (Å²) in [4.78, 5) is 18.4. The molecule has 0 saturated heterocycles. The van der Waals surface area contributed by atoms with Gasteiger partial charge in [0.25, 0.3) is 0 Å². The van der Waals surface area contributed by atoms with Crippen LogP contribution >= 0.6 is 0 Å². The number of carboxylic acids is 1. The molecule has 1 heterocycles. The van der Waals surface area contributed by atoms with E-state index in [4.69, 9.17) is 9.84 Å². The number of hydrogen-bond donors (Lipinski definition) is 1. The number of rotatable bonds is 4. The molecule has 0 fully saturated rings. The lowest BCUT2D eigenvalue weighted by Gasteiger charge is -2.04. The molecule has 2 aromatic rings. The fourth-order valence-electron chi connectivity index (χ4n) is 1.44. The standard InChI is InChI=1S/C13H12N2O3/c1-9-2-4-10(5-3-9)11-6-12(15-8-14-11)18-7-13(16)17/h2-6,8H,7H2,1H3,(H,16,17). The fraction of sp³-hybridized carbons (Fsp3) is 0.154. The highest BCUT2D eigenvalue weighted by atomic mass is 16.5. The van der Waals surface area contributed by atoms with Gasteiger partial charge in [-0.25, -0.2) is 14.8 Å². The van der Waals surface area contributed by atoms with Crippen LogP contribution in [0.15, 0.2) is 36.7 Å². The number of benzene rings is 1. The Hall–Kier alpha value is -2.43. The second kappa shape index (κ2) is 5.27. The lowest BCUT2D eigenvalue weighted by atomic mass is 10.1. The van der Waals surface area contributed by atoms with Crippen LogP contribution < -0.4 is 4.74 Å². The van der Waals surface area contributed by atoms with Gasteiger partial charge < -0.3 is 9.84 Å². The van der Waals surface area contributed by atoms with Crippen molar-refractivity contribution < 1.29 is 14.6 Å². The third-order valence-electron chi connectivity index (χ3n) is 2.33. The van der Waals surface area contributed by atoms with E-state index in [1.807, 2.05) is 31.2 Å². The second-order valence-electron chi connectivity index (χ2n) is 3.79. The monoisotopic (exact) mass is 244 g/mol. The number of nitrogens with zero attached hydrogens (tertiary/aromatic N) is 2. The number of ether oxygens (including phenoxy) is 1. The molecule has 92 valence electrons. The van der Waals surface area contributed by atoms with Gasteiger partial charge in [0.2, 0.25) is 5.88 Å². The summed E-state index contributed by atoms with van der Waals surface area (Å²) in [6.45, 7) is 1.59. The smallest absolute Gasteiger partial charge is 0.341 e. The van der Waals surface area contributed by atoms with Crippen LogP contribution in [0.2, 0.25) is 0 Å². The first kappa shape index (κ1) is 12.0. The molecule has 18 heavy (non-hydrogen) atoms. The maximum Gasteiger partial charge on any atom is 0.341 e. The van der Waals surface area contributed by atoms with E-state index in [1.165, 1.54) is 6.33 Å². The minimum Gasteiger partial charge on any atom is -0.479 e. The van der Waals surface area contributed by atoms with Gasteiger partial charge in [-0.2, -0.15) is 0 Å². The van der Waals surface area contributed by atoms with Gasteiger partial charge in [-0.15, -0.1) is 0 Å². The summed E-state index contributed by atoms with van der Waals surface area (Å²) in [5, 5.41) is 8.52. The average molecular weight is 244 g/mol. The fourth-order valence-corrected chi connectivity index (χ4v) is 1.44. The largest absolute Gasteiger partial charge is 0.479 e. The molecule has 1 N–H and O–H groups in total. The quantitative estimate of drug-likeness (QED) is 0.889.